The van der Waals surface area contributed by atoms with Gasteiger partial charge in [0.2, 0.25) is 0 Å². The van der Waals surface area contributed by atoms with Crippen LogP contribution < -0.4 is 0 Å². The molecule has 4 atom stereocenters. The van der Waals surface area contributed by atoms with Crippen molar-refractivity contribution in [3.63, 3.8) is 0 Å². The monoisotopic (exact) mass is 338 g/mol. The maximum Gasteiger partial charge on any atom is 0.140 e. The number of fused-ring (bicyclic) bond motifs is 1. The number of aliphatic hydroxyl groups excluding tert-OH is 1. The van der Waals surface area contributed by atoms with Crippen LogP contribution in [0.4, 0.5) is 0 Å². The van der Waals surface area contributed by atoms with Crippen LogP contribution in [0.25, 0.3) is 11.0 Å². The largest absolute Gasteiger partial charge is 0.396 e. The number of aromatic amines is 1. The molecule has 0 amide bonds. The fourth-order valence-electron chi connectivity index (χ4n) is 4.27. The van der Waals surface area contributed by atoms with Crippen LogP contribution in [0.15, 0.2) is 23.7 Å². The van der Waals surface area contributed by atoms with E-state index in [1.807, 2.05) is 18.5 Å². The summed E-state index contributed by atoms with van der Waals surface area (Å²) in [6.45, 7) is 0.984. The topological polar surface area (TPSA) is 101 Å². The van der Waals surface area contributed by atoms with Crippen LogP contribution in [-0.4, -0.2) is 50.5 Å². The Morgan fingerprint density at radius 2 is 2.32 bits per heavy atom. The Labute approximate surface area is 146 Å². The van der Waals surface area contributed by atoms with E-state index in [2.05, 4.69) is 31.1 Å². The van der Waals surface area contributed by atoms with Crippen LogP contribution in [0.5, 0.6) is 0 Å². The molecule has 1 fully saturated rings. The highest BCUT2D eigenvalue weighted by molar-refractivity contribution is 5.83. The standard InChI is InChI=1S/C18H22N6O/c19-5-3-16(13-2-1-12(7-13)10-25)24-9-14(8-23-24)17-15-4-6-20-18(15)22-11-21-17/h4,6,8,11-14,16,25H,1-3,7,9-10H2,(H,20,21,22). The Kier molecular flexibility index (Phi) is 4.36. The van der Waals surface area contributed by atoms with Gasteiger partial charge in [-0.15, -0.1) is 0 Å². The summed E-state index contributed by atoms with van der Waals surface area (Å²) in [5.41, 5.74) is 1.82. The van der Waals surface area contributed by atoms with Crippen molar-refractivity contribution in [1.29, 1.82) is 5.26 Å². The van der Waals surface area contributed by atoms with E-state index in [0.29, 0.717) is 18.3 Å². The van der Waals surface area contributed by atoms with Crippen LogP contribution >= 0.6 is 0 Å². The first kappa shape index (κ1) is 16.0. The van der Waals surface area contributed by atoms with Gasteiger partial charge in [-0.3, -0.25) is 5.01 Å². The molecule has 4 unspecified atom stereocenters. The van der Waals surface area contributed by atoms with Gasteiger partial charge in [0.15, 0.2) is 0 Å². The van der Waals surface area contributed by atoms with Gasteiger partial charge in [-0.2, -0.15) is 10.4 Å². The highest BCUT2D eigenvalue weighted by Gasteiger charge is 2.36. The van der Waals surface area contributed by atoms with Crippen molar-refractivity contribution in [2.45, 2.75) is 37.6 Å². The molecule has 4 rings (SSSR count). The predicted octanol–water partition coefficient (Wildman–Crippen LogP) is 2.03. The average Bonchev–Trinajstić information content (AvgIpc) is 3.39. The number of nitrogens with zero attached hydrogens (tertiary/aromatic N) is 5. The van der Waals surface area contributed by atoms with Gasteiger partial charge in [-0.1, -0.05) is 0 Å². The van der Waals surface area contributed by atoms with Crippen LogP contribution in [0.1, 0.15) is 37.3 Å². The summed E-state index contributed by atoms with van der Waals surface area (Å²) >= 11 is 0. The number of nitriles is 1. The molecule has 0 saturated heterocycles. The normalized spacial score (nSPS) is 27.0. The molecule has 7 heteroatoms. The Balaban J connectivity index is 1.52. The van der Waals surface area contributed by atoms with E-state index in [1.165, 1.54) is 0 Å². The molecule has 1 saturated carbocycles. The molecule has 2 aliphatic rings. The summed E-state index contributed by atoms with van der Waals surface area (Å²) in [4.78, 5) is 11.8. The maximum absolute atomic E-state index is 9.41. The zero-order valence-corrected chi connectivity index (χ0v) is 14.0. The van der Waals surface area contributed by atoms with Crippen molar-refractivity contribution in [3.8, 4) is 6.07 Å². The summed E-state index contributed by atoms with van der Waals surface area (Å²) in [5.74, 6) is 0.901. The minimum absolute atomic E-state index is 0.109. The first-order chi connectivity index (χ1) is 12.3. The Morgan fingerprint density at radius 3 is 3.12 bits per heavy atom. The predicted molar refractivity (Wildman–Crippen MR) is 93.8 cm³/mol. The average molecular weight is 338 g/mol. The third-order valence-electron chi connectivity index (χ3n) is 5.58. The van der Waals surface area contributed by atoms with E-state index in [9.17, 15) is 10.4 Å². The van der Waals surface area contributed by atoms with Crippen molar-refractivity contribution in [2.75, 3.05) is 13.2 Å². The van der Waals surface area contributed by atoms with Crippen LogP contribution in [0, 0.1) is 23.2 Å². The second-order valence-electron chi connectivity index (χ2n) is 7.04. The van der Waals surface area contributed by atoms with Crippen LogP contribution in [-0.2, 0) is 0 Å². The highest BCUT2D eigenvalue weighted by Crippen LogP contribution is 2.37. The van der Waals surface area contributed by atoms with E-state index in [1.54, 1.807) is 6.33 Å². The zero-order valence-electron chi connectivity index (χ0n) is 14.0. The SMILES string of the molecule is N#CCC(C1CCC(CO)C1)N1CC(c2ncnc3[nH]ccc23)C=N1. The van der Waals surface area contributed by atoms with Crippen LogP contribution in [0.2, 0.25) is 0 Å². The number of H-pyrrole nitrogens is 1. The molecule has 1 aliphatic carbocycles. The first-order valence-corrected chi connectivity index (χ1v) is 8.86. The first-order valence-electron chi connectivity index (χ1n) is 8.86. The molecule has 0 aromatic carbocycles. The molecule has 7 nitrogen and oxygen atoms in total. The molecule has 2 aromatic heterocycles. The number of hydrogen-bond acceptors (Lipinski definition) is 6. The second kappa shape index (κ2) is 6.81. The molecule has 1 aliphatic heterocycles. The van der Waals surface area contributed by atoms with Gasteiger partial charge >= 0.3 is 0 Å². The third kappa shape index (κ3) is 2.98. The van der Waals surface area contributed by atoms with Gasteiger partial charge in [0.1, 0.15) is 12.0 Å². The number of aliphatic hydroxyl groups is 1. The summed E-state index contributed by atoms with van der Waals surface area (Å²) < 4.78 is 0. The summed E-state index contributed by atoms with van der Waals surface area (Å²) in [7, 11) is 0. The van der Waals surface area contributed by atoms with Gasteiger partial charge in [-0.05, 0) is 37.2 Å². The molecule has 0 radical (unpaired) electrons. The molecule has 2 N–H and O–H groups in total. The molecular weight excluding hydrogens is 316 g/mol. The smallest absolute Gasteiger partial charge is 0.140 e. The zero-order chi connectivity index (χ0) is 17.2. The van der Waals surface area contributed by atoms with Gasteiger partial charge in [0.05, 0.1) is 30.1 Å². The number of rotatable bonds is 5. The van der Waals surface area contributed by atoms with Gasteiger partial charge in [0, 0.05) is 30.9 Å². The summed E-state index contributed by atoms with van der Waals surface area (Å²) in [6, 6.07) is 4.44. The minimum Gasteiger partial charge on any atom is -0.396 e. The molecule has 0 spiro atoms. The molecular formula is C18H22N6O. The third-order valence-corrected chi connectivity index (χ3v) is 5.58. The molecule has 25 heavy (non-hydrogen) atoms. The second-order valence-corrected chi connectivity index (χ2v) is 7.04. The van der Waals surface area contributed by atoms with E-state index < -0.39 is 0 Å². The lowest BCUT2D eigenvalue weighted by Gasteiger charge is -2.30. The van der Waals surface area contributed by atoms with E-state index in [-0.39, 0.29) is 18.6 Å². The van der Waals surface area contributed by atoms with Gasteiger partial charge < -0.3 is 10.1 Å². The number of aromatic nitrogens is 3. The quantitative estimate of drug-likeness (QED) is 0.868. The lowest BCUT2D eigenvalue weighted by Crippen LogP contribution is -2.36. The van der Waals surface area contributed by atoms with Crippen molar-refractivity contribution in [3.05, 3.63) is 24.3 Å². The Hall–Kier alpha value is -2.46. The number of nitrogens with one attached hydrogen (secondary N) is 1. The summed E-state index contributed by atoms with van der Waals surface area (Å²) in [6.07, 6.45) is 8.95. The molecule has 0 bridgehead atoms. The lowest BCUT2D eigenvalue weighted by molar-refractivity contribution is 0.153. The fraction of sp³-hybridized carbons (Fsp3) is 0.556. The van der Waals surface area contributed by atoms with Gasteiger partial charge in [-0.25, -0.2) is 9.97 Å². The molecule has 2 aromatic rings. The molecule has 130 valence electrons. The van der Waals surface area contributed by atoms with Crippen molar-refractivity contribution >= 4 is 17.2 Å². The van der Waals surface area contributed by atoms with Crippen molar-refractivity contribution < 1.29 is 5.11 Å². The van der Waals surface area contributed by atoms with Crippen LogP contribution in [0.3, 0.4) is 0 Å². The minimum atomic E-state index is 0.109. The lowest BCUT2D eigenvalue weighted by atomic mass is 9.93. The Morgan fingerprint density at radius 1 is 1.40 bits per heavy atom. The summed E-state index contributed by atoms with van der Waals surface area (Å²) in [5, 5.41) is 26.4. The van der Waals surface area contributed by atoms with Gasteiger partial charge in [0.25, 0.3) is 0 Å². The Bertz CT molecular complexity index is 809. The highest BCUT2D eigenvalue weighted by atomic mass is 16.3. The van der Waals surface area contributed by atoms with E-state index in [4.69, 9.17) is 0 Å². The maximum atomic E-state index is 9.41. The molecule has 3 heterocycles. The van der Waals surface area contributed by atoms with E-state index in [0.717, 1.165) is 42.5 Å². The van der Waals surface area contributed by atoms with Crippen molar-refractivity contribution in [2.24, 2.45) is 16.9 Å². The number of hydrogen-bond donors (Lipinski definition) is 2. The van der Waals surface area contributed by atoms with Crippen molar-refractivity contribution in [1.82, 2.24) is 20.0 Å². The fourth-order valence-corrected chi connectivity index (χ4v) is 4.27. The van der Waals surface area contributed by atoms with E-state index >= 15 is 0 Å². The number of hydrazone groups is 1.